The van der Waals surface area contributed by atoms with Crippen LogP contribution in [0.15, 0.2) is 24.3 Å². The van der Waals surface area contributed by atoms with Crippen LogP contribution in [0.5, 0.6) is 0 Å². The highest BCUT2D eigenvalue weighted by Gasteiger charge is 2.15. The van der Waals surface area contributed by atoms with E-state index in [2.05, 4.69) is 19.2 Å². The Labute approximate surface area is 114 Å². The third kappa shape index (κ3) is 5.07. The van der Waals surface area contributed by atoms with Gasteiger partial charge in [-0.15, -0.1) is 0 Å². The van der Waals surface area contributed by atoms with Gasteiger partial charge in [-0.25, -0.2) is 0 Å². The van der Waals surface area contributed by atoms with Gasteiger partial charge in [0.2, 0.25) is 5.91 Å². The van der Waals surface area contributed by atoms with E-state index in [1.807, 2.05) is 24.3 Å². The molecule has 1 aromatic carbocycles. The smallest absolute Gasteiger partial charge is 0.221 e. The fourth-order valence-corrected chi connectivity index (χ4v) is 1.97. The van der Waals surface area contributed by atoms with E-state index in [-0.39, 0.29) is 11.9 Å². The Morgan fingerprint density at radius 2 is 1.94 bits per heavy atom. The molecule has 3 N–H and O–H groups in total. The first-order valence-electron chi connectivity index (χ1n) is 6.27. The highest BCUT2D eigenvalue weighted by molar-refractivity contribution is 6.30. The first-order valence-corrected chi connectivity index (χ1v) is 6.65. The first kappa shape index (κ1) is 15.0. The highest BCUT2D eigenvalue weighted by atomic mass is 35.5. The van der Waals surface area contributed by atoms with Gasteiger partial charge >= 0.3 is 0 Å². The lowest BCUT2D eigenvalue weighted by molar-refractivity contribution is -0.121. The predicted octanol–water partition coefficient (Wildman–Crippen LogP) is 2.89. The van der Waals surface area contributed by atoms with Crippen LogP contribution in [0.4, 0.5) is 0 Å². The molecule has 1 atom stereocenters. The van der Waals surface area contributed by atoms with Gasteiger partial charge in [-0.05, 0) is 30.0 Å². The van der Waals surface area contributed by atoms with Crippen LogP contribution < -0.4 is 11.1 Å². The molecule has 1 rings (SSSR count). The van der Waals surface area contributed by atoms with Crippen LogP contribution in [-0.4, -0.2) is 12.5 Å². The topological polar surface area (TPSA) is 55.1 Å². The Balaban J connectivity index is 2.77. The molecule has 1 amide bonds. The van der Waals surface area contributed by atoms with E-state index >= 15 is 0 Å². The van der Waals surface area contributed by atoms with Crippen molar-refractivity contribution in [1.82, 2.24) is 5.32 Å². The van der Waals surface area contributed by atoms with Crippen molar-refractivity contribution in [3.63, 3.8) is 0 Å². The molecule has 3 nitrogen and oxygen atoms in total. The number of hydrogen-bond acceptors (Lipinski definition) is 2. The molecule has 0 saturated heterocycles. The van der Waals surface area contributed by atoms with E-state index in [1.54, 1.807) is 0 Å². The molecule has 1 aromatic rings. The molecule has 0 aliphatic heterocycles. The first-order chi connectivity index (χ1) is 8.52. The molecule has 100 valence electrons. The second-order valence-corrected chi connectivity index (χ2v) is 5.28. The van der Waals surface area contributed by atoms with Crippen LogP contribution in [0, 0.1) is 5.92 Å². The van der Waals surface area contributed by atoms with Crippen molar-refractivity contribution in [3.05, 3.63) is 34.9 Å². The number of carbonyl (C=O) groups is 1. The van der Waals surface area contributed by atoms with Gasteiger partial charge in [0.15, 0.2) is 0 Å². The van der Waals surface area contributed by atoms with E-state index < -0.39 is 0 Å². The number of nitrogens with two attached hydrogens (primary N) is 1. The molecule has 0 aliphatic rings. The summed E-state index contributed by atoms with van der Waals surface area (Å²) in [5.74, 6) is 0.502. The predicted molar refractivity (Wildman–Crippen MR) is 75.5 cm³/mol. The number of amides is 1. The molecule has 0 radical (unpaired) electrons. The summed E-state index contributed by atoms with van der Waals surface area (Å²) in [6, 6.07) is 7.63. The summed E-state index contributed by atoms with van der Waals surface area (Å²) in [6.45, 7) is 4.65. The van der Waals surface area contributed by atoms with Crippen LogP contribution in [-0.2, 0) is 4.79 Å². The van der Waals surface area contributed by atoms with Gasteiger partial charge in [0.05, 0.1) is 6.04 Å². The Bertz CT molecular complexity index is 376. The van der Waals surface area contributed by atoms with Crippen LogP contribution >= 0.6 is 11.6 Å². The van der Waals surface area contributed by atoms with E-state index in [4.69, 9.17) is 17.3 Å². The number of halogens is 1. The van der Waals surface area contributed by atoms with Gasteiger partial charge in [-0.1, -0.05) is 37.6 Å². The maximum absolute atomic E-state index is 11.7. The van der Waals surface area contributed by atoms with Gasteiger partial charge < -0.3 is 11.1 Å². The normalized spacial score (nSPS) is 12.5. The van der Waals surface area contributed by atoms with Crippen molar-refractivity contribution in [2.45, 2.75) is 32.7 Å². The maximum Gasteiger partial charge on any atom is 0.221 e. The lowest BCUT2D eigenvalue weighted by Gasteiger charge is -2.21. The zero-order chi connectivity index (χ0) is 13.5. The molecule has 1 unspecified atom stereocenters. The fraction of sp³-hybridized carbons (Fsp3) is 0.500. The van der Waals surface area contributed by atoms with Crippen LogP contribution in [0.1, 0.15) is 38.3 Å². The molecule has 18 heavy (non-hydrogen) atoms. The average molecular weight is 269 g/mol. The van der Waals surface area contributed by atoms with Crippen molar-refractivity contribution in [1.29, 1.82) is 0 Å². The van der Waals surface area contributed by atoms with E-state index in [0.29, 0.717) is 23.9 Å². The molecule has 0 aliphatic carbocycles. The summed E-state index contributed by atoms with van der Waals surface area (Å²) in [6.07, 6.45) is 1.26. The minimum absolute atomic E-state index is 0.00176. The zero-order valence-corrected chi connectivity index (χ0v) is 11.7. The van der Waals surface area contributed by atoms with Crippen molar-refractivity contribution in [2.75, 3.05) is 6.54 Å². The fourth-order valence-electron chi connectivity index (χ4n) is 1.84. The van der Waals surface area contributed by atoms with Crippen molar-refractivity contribution < 1.29 is 4.79 Å². The quantitative estimate of drug-likeness (QED) is 0.834. The van der Waals surface area contributed by atoms with Crippen molar-refractivity contribution in [2.24, 2.45) is 11.7 Å². The van der Waals surface area contributed by atoms with Gasteiger partial charge in [-0.2, -0.15) is 0 Å². The van der Waals surface area contributed by atoms with E-state index in [0.717, 1.165) is 12.0 Å². The summed E-state index contributed by atoms with van der Waals surface area (Å²) in [7, 11) is 0. The van der Waals surface area contributed by atoms with Crippen LogP contribution in [0.2, 0.25) is 5.02 Å². The van der Waals surface area contributed by atoms with Gasteiger partial charge in [0.25, 0.3) is 0 Å². The van der Waals surface area contributed by atoms with Crippen LogP contribution in [0.3, 0.4) is 0 Å². The third-order valence-electron chi connectivity index (χ3n) is 2.69. The van der Waals surface area contributed by atoms with Crippen molar-refractivity contribution in [3.8, 4) is 0 Å². The number of hydrogen-bond donors (Lipinski definition) is 2. The standard InChI is InChI=1S/C14H21ClN2O/c1-10(2)9-13(17-14(18)7-8-16)11-3-5-12(15)6-4-11/h3-6,10,13H,7-9,16H2,1-2H3,(H,17,18). The summed E-state index contributed by atoms with van der Waals surface area (Å²) < 4.78 is 0. The number of carbonyl (C=O) groups excluding carboxylic acids is 1. The van der Waals surface area contributed by atoms with Gasteiger partial charge in [0.1, 0.15) is 0 Å². The average Bonchev–Trinajstić information content (AvgIpc) is 2.28. The van der Waals surface area contributed by atoms with Crippen LogP contribution in [0.25, 0.3) is 0 Å². The Morgan fingerprint density at radius 1 is 1.33 bits per heavy atom. The summed E-state index contributed by atoms with van der Waals surface area (Å²) >= 11 is 5.87. The summed E-state index contributed by atoms with van der Waals surface area (Å²) in [5, 5.41) is 3.73. The monoisotopic (exact) mass is 268 g/mol. The number of nitrogens with one attached hydrogen (secondary N) is 1. The molecule has 4 heteroatoms. The summed E-state index contributed by atoms with van der Waals surface area (Å²) in [5.41, 5.74) is 6.47. The number of benzene rings is 1. The molecule has 0 spiro atoms. The highest BCUT2D eigenvalue weighted by Crippen LogP contribution is 2.22. The Morgan fingerprint density at radius 3 is 2.44 bits per heavy atom. The summed E-state index contributed by atoms with van der Waals surface area (Å²) in [4.78, 5) is 11.7. The van der Waals surface area contributed by atoms with E-state index in [1.165, 1.54) is 0 Å². The Kier molecular flexibility index (Phi) is 6.16. The second-order valence-electron chi connectivity index (χ2n) is 4.84. The second kappa shape index (κ2) is 7.39. The minimum Gasteiger partial charge on any atom is -0.349 e. The van der Waals surface area contributed by atoms with E-state index in [9.17, 15) is 4.79 Å². The molecule has 0 fully saturated rings. The molecule has 0 heterocycles. The molecule has 0 saturated carbocycles. The molecule has 0 bridgehead atoms. The minimum atomic E-state index is -0.00176. The zero-order valence-electron chi connectivity index (χ0n) is 10.9. The molecule has 0 aromatic heterocycles. The Hall–Kier alpha value is -1.06. The molecular weight excluding hydrogens is 248 g/mol. The SMILES string of the molecule is CC(C)CC(NC(=O)CCN)c1ccc(Cl)cc1. The lowest BCUT2D eigenvalue weighted by atomic mass is 9.97. The number of rotatable bonds is 6. The lowest BCUT2D eigenvalue weighted by Crippen LogP contribution is -2.30. The largest absolute Gasteiger partial charge is 0.349 e. The third-order valence-corrected chi connectivity index (χ3v) is 2.94. The van der Waals surface area contributed by atoms with Crippen molar-refractivity contribution >= 4 is 17.5 Å². The molecular formula is C14H21ClN2O. The van der Waals surface area contributed by atoms with Gasteiger partial charge in [-0.3, -0.25) is 4.79 Å². The maximum atomic E-state index is 11.7. The van der Waals surface area contributed by atoms with Gasteiger partial charge in [0, 0.05) is 18.0 Å².